The van der Waals surface area contributed by atoms with Gasteiger partial charge in [-0.25, -0.2) is 17.8 Å². The van der Waals surface area contributed by atoms with E-state index in [1.54, 1.807) is 37.3 Å². The highest BCUT2D eigenvalue weighted by molar-refractivity contribution is 7.90. The minimum absolute atomic E-state index is 0.0777. The molecule has 0 radical (unpaired) electrons. The molecule has 2 heterocycles. The number of sulfone groups is 1. The summed E-state index contributed by atoms with van der Waals surface area (Å²) in [6.07, 6.45) is 2.03. The van der Waals surface area contributed by atoms with Gasteiger partial charge < -0.3 is 28.9 Å². The van der Waals surface area contributed by atoms with Gasteiger partial charge in [-0.05, 0) is 71.9 Å². The topological polar surface area (TPSA) is 129 Å². The van der Waals surface area contributed by atoms with E-state index in [-0.39, 0.29) is 23.6 Å². The first-order valence-electron chi connectivity index (χ1n) is 18.1. The van der Waals surface area contributed by atoms with Crippen LogP contribution in [0.25, 0.3) is 11.3 Å². The van der Waals surface area contributed by atoms with Gasteiger partial charge in [0.1, 0.15) is 35.7 Å². The summed E-state index contributed by atoms with van der Waals surface area (Å²) in [6.45, 7) is 15.8. The maximum Gasteiger partial charge on any atom is 0.267 e. The maximum atomic E-state index is 13.5. The van der Waals surface area contributed by atoms with Crippen LogP contribution in [0.3, 0.4) is 0 Å². The number of benzene rings is 2. The molecular formula is C40H54FN3O7SSi. The Morgan fingerprint density at radius 1 is 0.887 bits per heavy atom. The van der Waals surface area contributed by atoms with Crippen LogP contribution in [0.1, 0.15) is 70.9 Å². The molecule has 0 fully saturated rings. The van der Waals surface area contributed by atoms with Crippen molar-refractivity contribution in [1.29, 1.82) is 0 Å². The lowest BCUT2D eigenvalue weighted by Gasteiger charge is -2.42. The summed E-state index contributed by atoms with van der Waals surface area (Å²) in [5.41, 5.74) is 3.99. The van der Waals surface area contributed by atoms with Gasteiger partial charge in [-0.15, -0.1) is 0 Å². The summed E-state index contributed by atoms with van der Waals surface area (Å²) >= 11 is 0. The van der Waals surface area contributed by atoms with E-state index >= 15 is 0 Å². The van der Waals surface area contributed by atoms with Crippen molar-refractivity contribution in [3.63, 3.8) is 0 Å². The van der Waals surface area contributed by atoms with Crippen LogP contribution in [0.15, 0.2) is 84.0 Å². The normalized spacial score (nSPS) is 13.4. The van der Waals surface area contributed by atoms with Crippen LogP contribution in [0, 0.1) is 0 Å². The predicted molar refractivity (Wildman–Crippen MR) is 209 cm³/mol. The third-order valence-electron chi connectivity index (χ3n) is 9.32. The lowest BCUT2D eigenvalue weighted by Crippen LogP contribution is -2.48. The number of carbonyl (C=O) groups is 1. The molecule has 0 saturated carbocycles. The number of pyridine rings is 1. The fourth-order valence-corrected chi connectivity index (χ4v) is 12.8. The summed E-state index contributed by atoms with van der Waals surface area (Å²) in [4.78, 5) is 20.6. The molecule has 2 aromatic heterocycles. The molecule has 1 amide bonds. The van der Waals surface area contributed by atoms with Gasteiger partial charge in [-0.3, -0.25) is 4.79 Å². The Morgan fingerprint density at radius 2 is 1.57 bits per heavy atom. The van der Waals surface area contributed by atoms with E-state index in [0.29, 0.717) is 70.5 Å². The van der Waals surface area contributed by atoms with E-state index in [4.69, 9.17) is 18.6 Å². The third-order valence-corrected chi connectivity index (χ3v) is 16.4. The number of rotatable bonds is 20. The number of nitrogens with one attached hydrogen (secondary N) is 2. The van der Waals surface area contributed by atoms with Crippen molar-refractivity contribution in [3.8, 4) is 28.5 Å². The first-order chi connectivity index (χ1) is 25.1. The monoisotopic (exact) mass is 767 g/mol. The maximum absolute atomic E-state index is 13.5. The smallest absolute Gasteiger partial charge is 0.267 e. The molecule has 2 atom stereocenters. The first kappa shape index (κ1) is 41.7. The number of ether oxygens (including phenoxy) is 3. The van der Waals surface area contributed by atoms with E-state index in [1.165, 1.54) is 18.3 Å². The van der Waals surface area contributed by atoms with Gasteiger partial charge >= 0.3 is 0 Å². The van der Waals surface area contributed by atoms with Gasteiger partial charge in [-0.1, -0.05) is 71.9 Å². The highest BCUT2D eigenvalue weighted by Gasteiger charge is 2.45. The van der Waals surface area contributed by atoms with Crippen molar-refractivity contribution in [3.05, 3.63) is 90.3 Å². The molecule has 0 spiro atoms. The molecule has 0 unspecified atom stereocenters. The van der Waals surface area contributed by atoms with Crippen molar-refractivity contribution in [2.45, 2.75) is 95.4 Å². The fourth-order valence-electron chi connectivity index (χ4n) is 6.80. The number of amides is 1. The lowest BCUT2D eigenvalue weighted by atomic mass is 10.1. The second kappa shape index (κ2) is 18.8. The molecule has 4 aromatic rings. The van der Waals surface area contributed by atoms with Gasteiger partial charge in [0.2, 0.25) is 0 Å². The Balaban J connectivity index is 1.49. The number of aromatic nitrogens is 2. The standard InChI is InChI=1S/C40H54FN3O7SSi/c1-27(2)53(28(3)4,29(5)6)49-19-18-33(48-26-31-12-10-9-11-13-31)24-43-40(45)38-16-15-37(44-38)32-20-35(50-30(7)23-41)22-36(21-32)51-34-14-17-39(42-25-34)52(8,46)47/h9-17,20-22,25,27-30,33,44H,18-19,23-24,26H2,1-8H3,(H,43,45)/t30-,33+/m0/s1. The minimum Gasteiger partial charge on any atom is -0.488 e. The van der Waals surface area contributed by atoms with E-state index < -0.39 is 30.9 Å². The highest BCUT2D eigenvalue weighted by Crippen LogP contribution is 2.42. The Morgan fingerprint density at radius 3 is 2.17 bits per heavy atom. The number of alkyl halides is 1. The Kier molecular flexibility index (Phi) is 14.8. The van der Waals surface area contributed by atoms with E-state index in [0.717, 1.165) is 11.8 Å². The van der Waals surface area contributed by atoms with Crippen LogP contribution in [0.2, 0.25) is 16.6 Å². The average Bonchev–Trinajstić information content (AvgIpc) is 3.61. The summed E-state index contributed by atoms with van der Waals surface area (Å²) < 4.78 is 61.9. The second-order valence-electron chi connectivity index (χ2n) is 14.4. The number of carbonyl (C=O) groups excluding carboxylic acids is 1. The Labute approximate surface area is 314 Å². The number of hydrogen-bond donors (Lipinski definition) is 2. The van der Waals surface area contributed by atoms with Crippen LogP contribution < -0.4 is 14.8 Å². The predicted octanol–water partition coefficient (Wildman–Crippen LogP) is 8.91. The summed E-state index contributed by atoms with van der Waals surface area (Å²) in [5.74, 6) is 0.695. The molecule has 0 bridgehead atoms. The second-order valence-corrected chi connectivity index (χ2v) is 21.8. The molecule has 0 aliphatic carbocycles. The highest BCUT2D eigenvalue weighted by atomic mass is 32.2. The summed E-state index contributed by atoms with van der Waals surface area (Å²) in [6, 6.07) is 21.3. The zero-order valence-corrected chi connectivity index (χ0v) is 33.8. The van der Waals surface area contributed by atoms with Crippen molar-refractivity contribution >= 4 is 24.1 Å². The average molecular weight is 768 g/mol. The first-order valence-corrected chi connectivity index (χ1v) is 22.1. The van der Waals surface area contributed by atoms with Crippen LogP contribution in [0.4, 0.5) is 4.39 Å². The molecule has 0 saturated heterocycles. The van der Waals surface area contributed by atoms with Crippen LogP contribution in [0.5, 0.6) is 17.2 Å². The third kappa shape index (κ3) is 11.5. The molecule has 2 aromatic carbocycles. The molecule has 0 aliphatic heterocycles. The number of halogens is 1. The van der Waals surface area contributed by atoms with Crippen molar-refractivity contribution in [2.24, 2.45) is 0 Å². The Bertz CT molecular complexity index is 1850. The summed E-state index contributed by atoms with van der Waals surface area (Å²) in [5, 5.41) is 2.96. The SMILES string of the molecule is CC(C)[Si](OCC[C@H](CNC(=O)c1ccc(-c2cc(Oc3ccc(S(C)(=O)=O)nc3)cc(O[C@@H](C)CF)c2)[nH]1)OCc1ccccc1)(C(C)C)C(C)C. The van der Waals surface area contributed by atoms with E-state index in [2.05, 4.69) is 56.8 Å². The van der Waals surface area contributed by atoms with Crippen molar-refractivity contribution in [2.75, 3.05) is 26.1 Å². The van der Waals surface area contributed by atoms with Gasteiger partial charge in [0.05, 0.1) is 18.9 Å². The van der Waals surface area contributed by atoms with Crippen LogP contribution in [-0.2, 0) is 25.6 Å². The lowest BCUT2D eigenvalue weighted by molar-refractivity contribution is 0.0249. The molecule has 13 heteroatoms. The van der Waals surface area contributed by atoms with Crippen LogP contribution >= 0.6 is 0 Å². The largest absolute Gasteiger partial charge is 0.488 e. The van der Waals surface area contributed by atoms with Gasteiger partial charge in [0.15, 0.2) is 23.2 Å². The zero-order chi connectivity index (χ0) is 38.8. The molecule has 10 nitrogen and oxygen atoms in total. The number of hydrogen-bond acceptors (Lipinski definition) is 8. The van der Waals surface area contributed by atoms with Gasteiger partial charge in [-0.2, -0.15) is 0 Å². The number of H-pyrrole nitrogens is 1. The van der Waals surface area contributed by atoms with E-state index in [1.807, 2.05) is 30.3 Å². The molecule has 53 heavy (non-hydrogen) atoms. The van der Waals surface area contributed by atoms with Crippen LogP contribution in [-0.4, -0.2) is 70.9 Å². The zero-order valence-electron chi connectivity index (χ0n) is 32.0. The van der Waals surface area contributed by atoms with E-state index in [9.17, 15) is 17.6 Å². The molecule has 288 valence electrons. The molecular weight excluding hydrogens is 714 g/mol. The molecule has 4 rings (SSSR count). The van der Waals surface area contributed by atoms with Gasteiger partial charge in [0, 0.05) is 36.7 Å². The fraction of sp³-hybridized carbons (Fsp3) is 0.450. The van der Waals surface area contributed by atoms with Crippen molar-refractivity contribution in [1.82, 2.24) is 15.3 Å². The summed E-state index contributed by atoms with van der Waals surface area (Å²) in [7, 11) is -5.54. The molecule has 0 aliphatic rings. The Hall–Kier alpha value is -4.04. The van der Waals surface area contributed by atoms with Crippen molar-refractivity contribution < 1.29 is 36.2 Å². The minimum atomic E-state index is -3.48. The molecule has 2 N–H and O–H groups in total. The van der Waals surface area contributed by atoms with Gasteiger partial charge in [0.25, 0.3) is 5.91 Å². The number of aromatic amines is 1. The number of nitrogens with zero attached hydrogens (tertiary/aromatic N) is 1. The quantitative estimate of drug-likeness (QED) is 0.0854.